The number of carbonyl (C=O) groups is 1. The number of H-pyrrole nitrogens is 1. The van der Waals surface area contributed by atoms with E-state index in [2.05, 4.69) is 52.5 Å². The molecule has 2 N–H and O–H groups in total. The Labute approximate surface area is 190 Å². The van der Waals surface area contributed by atoms with Gasteiger partial charge >= 0.3 is 0 Å². The number of anilines is 1. The number of hydrogen-bond acceptors (Lipinski definition) is 5. The van der Waals surface area contributed by atoms with E-state index in [1.807, 2.05) is 41.1 Å². The number of carbonyl (C=O) groups excluding carboxylic acids is 1. The third kappa shape index (κ3) is 4.81. The first kappa shape index (κ1) is 21.1. The van der Waals surface area contributed by atoms with Gasteiger partial charge in [-0.3, -0.25) is 14.5 Å². The van der Waals surface area contributed by atoms with E-state index in [9.17, 15) is 4.79 Å². The molecule has 0 fully saturated rings. The van der Waals surface area contributed by atoms with E-state index < -0.39 is 0 Å². The second-order valence-corrected chi connectivity index (χ2v) is 8.75. The minimum absolute atomic E-state index is 0.112. The van der Waals surface area contributed by atoms with Gasteiger partial charge in [0, 0.05) is 29.5 Å². The summed E-state index contributed by atoms with van der Waals surface area (Å²) in [5.41, 5.74) is 6.51. The van der Waals surface area contributed by atoms with Gasteiger partial charge < -0.3 is 5.32 Å². The van der Waals surface area contributed by atoms with Crippen molar-refractivity contribution < 1.29 is 4.79 Å². The summed E-state index contributed by atoms with van der Waals surface area (Å²) in [4.78, 5) is 17.1. The molecule has 0 aliphatic heterocycles. The first-order valence-corrected chi connectivity index (χ1v) is 11.2. The lowest BCUT2D eigenvalue weighted by atomic mass is 10.1. The zero-order valence-electron chi connectivity index (χ0n) is 17.6. The second-order valence-electron chi connectivity index (χ2n) is 7.51. The molecule has 0 saturated carbocycles. The maximum atomic E-state index is 12.5. The molecule has 0 saturated heterocycles. The Morgan fingerprint density at radius 2 is 1.84 bits per heavy atom. The number of aryl methyl sites for hydroxylation is 3. The van der Waals surface area contributed by atoms with E-state index in [1.165, 1.54) is 28.0 Å². The molecule has 4 rings (SSSR count). The van der Waals surface area contributed by atoms with Gasteiger partial charge in [0.1, 0.15) is 0 Å². The highest BCUT2D eigenvalue weighted by Gasteiger charge is 2.12. The second kappa shape index (κ2) is 8.95. The summed E-state index contributed by atoms with van der Waals surface area (Å²) in [6, 6.07) is 14.3. The molecule has 0 unspecified atom stereocenters. The Hall–Kier alpha value is -3.10. The van der Waals surface area contributed by atoms with Crippen LogP contribution in [0.1, 0.15) is 23.1 Å². The van der Waals surface area contributed by atoms with Crippen molar-refractivity contribution in [3.8, 4) is 22.6 Å². The molecule has 6 nitrogen and oxygen atoms in total. The van der Waals surface area contributed by atoms with Gasteiger partial charge in [0.2, 0.25) is 5.91 Å². The molecule has 4 aromatic rings. The van der Waals surface area contributed by atoms with E-state index in [1.54, 1.807) is 0 Å². The minimum Gasteiger partial charge on any atom is -0.302 e. The van der Waals surface area contributed by atoms with Crippen molar-refractivity contribution >= 4 is 34.6 Å². The maximum absolute atomic E-state index is 12.5. The van der Waals surface area contributed by atoms with Gasteiger partial charge in [0.05, 0.1) is 5.69 Å². The van der Waals surface area contributed by atoms with Crippen LogP contribution >= 0.6 is 23.6 Å². The smallest absolute Gasteiger partial charge is 0.227 e. The molecule has 2 aromatic carbocycles. The number of nitrogens with zero attached hydrogens (tertiary/aromatic N) is 3. The molecule has 0 atom stereocenters. The van der Waals surface area contributed by atoms with Crippen molar-refractivity contribution in [3.05, 3.63) is 69.3 Å². The molecule has 0 radical (unpaired) electrons. The molecular weight excluding hydrogens is 426 g/mol. The van der Waals surface area contributed by atoms with E-state index in [0.29, 0.717) is 16.4 Å². The summed E-state index contributed by atoms with van der Waals surface area (Å²) in [5, 5.41) is 12.6. The average molecular weight is 450 g/mol. The van der Waals surface area contributed by atoms with Gasteiger partial charge in [0.15, 0.2) is 15.7 Å². The van der Waals surface area contributed by atoms with Gasteiger partial charge in [-0.2, -0.15) is 5.10 Å². The van der Waals surface area contributed by atoms with Gasteiger partial charge in [0.25, 0.3) is 0 Å². The fourth-order valence-corrected chi connectivity index (χ4v) is 4.17. The van der Waals surface area contributed by atoms with Crippen LogP contribution in [0.4, 0.5) is 5.13 Å². The lowest BCUT2D eigenvalue weighted by molar-refractivity contribution is -0.116. The molecule has 158 valence electrons. The van der Waals surface area contributed by atoms with Crippen LogP contribution < -0.4 is 5.32 Å². The molecule has 31 heavy (non-hydrogen) atoms. The average Bonchev–Trinajstić information content (AvgIpc) is 3.36. The Balaban J connectivity index is 1.42. The van der Waals surface area contributed by atoms with Crippen molar-refractivity contribution in [2.75, 3.05) is 5.32 Å². The summed E-state index contributed by atoms with van der Waals surface area (Å²) >= 11 is 6.78. The van der Waals surface area contributed by atoms with Gasteiger partial charge in [-0.1, -0.05) is 42.0 Å². The Morgan fingerprint density at radius 3 is 2.58 bits per heavy atom. The Bertz CT molecular complexity index is 1280. The van der Waals surface area contributed by atoms with Gasteiger partial charge in [-0.15, -0.1) is 11.3 Å². The third-order valence-corrected chi connectivity index (χ3v) is 6.25. The number of amides is 1. The quantitative estimate of drug-likeness (QED) is 0.371. The van der Waals surface area contributed by atoms with Crippen LogP contribution in [0.25, 0.3) is 22.6 Å². The molecule has 1 amide bonds. The van der Waals surface area contributed by atoms with Crippen LogP contribution in [0.5, 0.6) is 0 Å². The Kier molecular flexibility index (Phi) is 6.11. The van der Waals surface area contributed by atoms with Crippen molar-refractivity contribution in [1.29, 1.82) is 0 Å². The van der Waals surface area contributed by atoms with Crippen LogP contribution in [0.3, 0.4) is 0 Å². The minimum atomic E-state index is -0.112. The zero-order chi connectivity index (χ0) is 22.0. The molecule has 0 spiro atoms. The zero-order valence-corrected chi connectivity index (χ0v) is 19.2. The molecule has 8 heteroatoms. The maximum Gasteiger partial charge on any atom is 0.227 e. The van der Waals surface area contributed by atoms with Crippen molar-refractivity contribution in [2.45, 2.75) is 33.7 Å². The number of rotatable bonds is 6. The van der Waals surface area contributed by atoms with Crippen LogP contribution in [0.15, 0.2) is 47.8 Å². The summed E-state index contributed by atoms with van der Waals surface area (Å²) in [6.07, 6.45) is 0.269. The molecular formula is C23H23N5OS2. The SMILES string of the molecule is Cc1ccc(-c2n[nH]c(=S)n2CCC(=O)Nc2nc(-c3ccc(C)c(C)c3)cs2)cc1. The van der Waals surface area contributed by atoms with Crippen molar-refractivity contribution in [2.24, 2.45) is 0 Å². The van der Waals surface area contributed by atoms with Crippen LogP contribution in [-0.4, -0.2) is 25.7 Å². The summed E-state index contributed by atoms with van der Waals surface area (Å²) in [7, 11) is 0. The number of thiazole rings is 1. The lowest BCUT2D eigenvalue weighted by Gasteiger charge is -2.07. The summed E-state index contributed by atoms with van der Waals surface area (Å²) in [6.45, 7) is 6.64. The molecule has 0 aliphatic rings. The van der Waals surface area contributed by atoms with Gasteiger partial charge in [-0.05, 0) is 50.2 Å². The first-order chi connectivity index (χ1) is 14.9. The van der Waals surface area contributed by atoms with E-state index in [4.69, 9.17) is 12.2 Å². The fraction of sp³-hybridized carbons (Fsp3) is 0.217. The van der Waals surface area contributed by atoms with Crippen molar-refractivity contribution in [3.63, 3.8) is 0 Å². The molecule has 0 bridgehead atoms. The van der Waals surface area contributed by atoms with Crippen molar-refractivity contribution in [1.82, 2.24) is 19.7 Å². The monoisotopic (exact) mass is 449 g/mol. The summed E-state index contributed by atoms with van der Waals surface area (Å²) in [5.74, 6) is 0.614. The Morgan fingerprint density at radius 1 is 1.10 bits per heavy atom. The van der Waals surface area contributed by atoms with Gasteiger partial charge in [-0.25, -0.2) is 4.98 Å². The first-order valence-electron chi connectivity index (χ1n) is 9.96. The van der Waals surface area contributed by atoms with E-state index >= 15 is 0 Å². The third-order valence-electron chi connectivity index (χ3n) is 5.18. The van der Waals surface area contributed by atoms with Crippen LogP contribution in [0, 0.1) is 25.5 Å². The number of aromatic nitrogens is 4. The number of aromatic amines is 1. The molecule has 0 aliphatic carbocycles. The van der Waals surface area contributed by atoms with Crippen LogP contribution in [-0.2, 0) is 11.3 Å². The predicted molar refractivity (Wildman–Crippen MR) is 128 cm³/mol. The lowest BCUT2D eigenvalue weighted by Crippen LogP contribution is -2.15. The normalized spacial score (nSPS) is 10.9. The van der Waals surface area contributed by atoms with E-state index in [0.717, 1.165) is 22.6 Å². The highest BCUT2D eigenvalue weighted by molar-refractivity contribution is 7.71. The molecule has 2 aromatic heterocycles. The number of hydrogen-bond donors (Lipinski definition) is 2. The summed E-state index contributed by atoms with van der Waals surface area (Å²) < 4.78 is 2.34. The highest BCUT2D eigenvalue weighted by atomic mass is 32.1. The number of benzene rings is 2. The number of nitrogens with one attached hydrogen (secondary N) is 2. The topological polar surface area (TPSA) is 75.6 Å². The fourth-order valence-electron chi connectivity index (χ4n) is 3.21. The standard InChI is InChI=1S/C23H23N5OS2/c1-14-4-7-17(8-5-14)21-26-27-23(30)28(21)11-10-20(29)25-22-24-19(13-31-22)18-9-6-15(2)16(3)12-18/h4-9,12-13H,10-11H2,1-3H3,(H,27,30)(H,24,25,29). The van der Waals surface area contributed by atoms with Crippen LogP contribution in [0.2, 0.25) is 0 Å². The van der Waals surface area contributed by atoms with E-state index in [-0.39, 0.29) is 12.3 Å². The molecule has 2 heterocycles. The predicted octanol–water partition coefficient (Wildman–Crippen LogP) is 5.69. The highest BCUT2D eigenvalue weighted by Crippen LogP contribution is 2.26. The largest absolute Gasteiger partial charge is 0.302 e.